The number of unbranched alkanes of at least 4 members (excludes halogenated alkanes) is 12. The van der Waals surface area contributed by atoms with Crippen LogP contribution in [0.1, 0.15) is 111 Å². The summed E-state index contributed by atoms with van der Waals surface area (Å²) in [6.07, 6.45) is 17.5. The van der Waals surface area contributed by atoms with Gasteiger partial charge in [-0.3, -0.25) is 0 Å². The fourth-order valence-corrected chi connectivity index (χ4v) is 3.01. The molecule has 0 bridgehead atoms. The van der Waals surface area contributed by atoms with Crippen molar-refractivity contribution in [2.45, 2.75) is 122 Å². The molecule has 24 heavy (non-hydrogen) atoms. The monoisotopic (exact) mass is 365 g/mol. The predicted octanol–water partition coefficient (Wildman–Crippen LogP) is 5.55. The smallest absolute Gasteiger partial charge is 0.115 e. The molecular weight excluding hydrogens is 322 g/mol. The van der Waals surface area contributed by atoms with Crippen LogP contribution in [-0.2, 0) is 0 Å². The maximum atomic E-state index is 9.99. The van der Waals surface area contributed by atoms with E-state index in [1.807, 2.05) is 6.92 Å². The Balaban J connectivity index is 0. The third-order valence-corrected chi connectivity index (χ3v) is 5.10. The highest BCUT2D eigenvalue weighted by atomic mass is 35.5. The van der Waals surface area contributed by atoms with E-state index in [0.29, 0.717) is 0 Å². The minimum Gasteiger partial charge on any atom is -0.393 e. The van der Waals surface area contributed by atoms with E-state index in [1.165, 1.54) is 77.0 Å². The number of hydrogen-bond acceptors (Lipinski definition) is 3. The van der Waals surface area contributed by atoms with Crippen molar-refractivity contribution in [1.82, 2.24) is 0 Å². The van der Waals surface area contributed by atoms with Gasteiger partial charge in [-0.15, -0.1) is 12.4 Å². The maximum absolute atomic E-state index is 9.99. The number of aliphatic hydroxyl groups is 2. The first kappa shape index (κ1) is 26.4. The van der Waals surface area contributed by atoms with Crippen molar-refractivity contribution in [1.29, 1.82) is 0 Å². The third kappa shape index (κ3) is 15.7. The van der Waals surface area contributed by atoms with Gasteiger partial charge in [-0.25, -0.2) is 0 Å². The summed E-state index contributed by atoms with van der Waals surface area (Å²) in [6, 6.07) is 0. The zero-order valence-corrected chi connectivity index (χ0v) is 17.3. The summed E-state index contributed by atoms with van der Waals surface area (Å²) >= 11 is 0. The Morgan fingerprint density at radius 3 is 1.46 bits per heavy atom. The van der Waals surface area contributed by atoms with E-state index in [4.69, 9.17) is 5.73 Å². The molecule has 0 fully saturated rings. The number of rotatable bonds is 16. The zero-order chi connectivity index (χ0) is 17.6. The Labute approximate surface area is 157 Å². The summed E-state index contributed by atoms with van der Waals surface area (Å²) in [7, 11) is 0. The molecule has 0 spiro atoms. The number of halogens is 1. The first-order valence-corrected chi connectivity index (χ1v) is 10.1. The molecule has 0 saturated carbocycles. The van der Waals surface area contributed by atoms with E-state index in [0.717, 1.165) is 12.8 Å². The summed E-state index contributed by atoms with van der Waals surface area (Å²) in [4.78, 5) is 0. The van der Waals surface area contributed by atoms with Crippen molar-refractivity contribution in [3.05, 3.63) is 0 Å². The van der Waals surface area contributed by atoms with Gasteiger partial charge < -0.3 is 15.9 Å². The van der Waals surface area contributed by atoms with E-state index >= 15 is 0 Å². The van der Waals surface area contributed by atoms with Gasteiger partial charge in [-0.1, -0.05) is 97.3 Å². The topological polar surface area (TPSA) is 66.5 Å². The van der Waals surface area contributed by atoms with Crippen LogP contribution in [0.3, 0.4) is 0 Å². The van der Waals surface area contributed by atoms with Gasteiger partial charge >= 0.3 is 0 Å². The van der Waals surface area contributed by atoms with E-state index in [9.17, 15) is 10.2 Å². The fraction of sp³-hybridized carbons (Fsp3) is 1.00. The SMILES string of the molecule is CCCCCCCCCCCCCCCC(O)C(C)C(C)(N)O.Cl. The Bertz CT molecular complexity index is 257. The summed E-state index contributed by atoms with van der Waals surface area (Å²) in [6.45, 7) is 5.64. The van der Waals surface area contributed by atoms with Crippen molar-refractivity contribution >= 4 is 12.4 Å². The molecule has 0 aliphatic heterocycles. The molecule has 0 rings (SSSR count). The first-order chi connectivity index (χ1) is 10.9. The van der Waals surface area contributed by atoms with Crippen LogP contribution in [0.4, 0.5) is 0 Å². The number of aliphatic hydroxyl groups excluding tert-OH is 1. The summed E-state index contributed by atoms with van der Waals surface area (Å²) in [5.74, 6) is -0.278. The molecule has 3 unspecified atom stereocenters. The largest absolute Gasteiger partial charge is 0.393 e. The van der Waals surface area contributed by atoms with Crippen LogP contribution in [0.25, 0.3) is 0 Å². The van der Waals surface area contributed by atoms with Gasteiger partial charge in [0.05, 0.1) is 6.10 Å². The van der Waals surface area contributed by atoms with Gasteiger partial charge in [-0.2, -0.15) is 0 Å². The second-order valence-electron chi connectivity index (χ2n) is 7.61. The summed E-state index contributed by atoms with van der Waals surface area (Å²) in [5.41, 5.74) is 4.34. The van der Waals surface area contributed by atoms with Gasteiger partial charge in [0.2, 0.25) is 0 Å². The van der Waals surface area contributed by atoms with Crippen molar-refractivity contribution in [2.24, 2.45) is 11.7 Å². The molecule has 3 nitrogen and oxygen atoms in total. The van der Waals surface area contributed by atoms with Gasteiger partial charge in [0.15, 0.2) is 0 Å². The van der Waals surface area contributed by atoms with E-state index in [1.54, 1.807) is 6.92 Å². The van der Waals surface area contributed by atoms with Crippen LogP contribution in [0.2, 0.25) is 0 Å². The fourth-order valence-electron chi connectivity index (χ4n) is 3.01. The highest BCUT2D eigenvalue weighted by Crippen LogP contribution is 2.20. The molecule has 0 radical (unpaired) electrons. The lowest BCUT2D eigenvalue weighted by Gasteiger charge is -2.29. The minimum absolute atomic E-state index is 0. The van der Waals surface area contributed by atoms with Crippen molar-refractivity contribution in [2.75, 3.05) is 0 Å². The molecule has 0 aromatic carbocycles. The summed E-state index contributed by atoms with van der Waals surface area (Å²) < 4.78 is 0. The quantitative estimate of drug-likeness (QED) is 0.248. The molecule has 0 aliphatic carbocycles. The average Bonchev–Trinajstić information content (AvgIpc) is 2.50. The van der Waals surface area contributed by atoms with Crippen LogP contribution in [0.5, 0.6) is 0 Å². The Morgan fingerprint density at radius 1 is 0.792 bits per heavy atom. The highest BCUT2D eigenvalue weighted by molar-refractivity contribution is 5.85. The van der Waals surface area contributed by atoms with E-state index in [-0.39, 0.29) is 18.3 Å². The molecule has 0 aromatic rings. The lowest BCUT2D eigenvalue weighted by atomic mass is 9.90. The van der Waals surface area contributed by atoms with Crippen LogP contribution in [-0.4, -0.2) is 22.0 Å². The molecule has 0 saturated heterocycles. The molecule has 3 atom stereocenters. The normalized spacial score (nSPS) is 16.2. The average molecular weight is 366 g/mol. The van der Waals surface area contributed by atoms with Crippen LogP contribution < -0.4 is 5.73 Å². The molecule has 0 aliphatic rings. The molecular formula is C20H44ClNO2. The van der Waals surface area contributed by atoms with Gasteiger partial charge in [0.25, 0.3) is 0 Å². The molecule has 0 aromatic heterocycles. The summed E-state index contributed by atoms with van der Waals surface area (Å²) in [5, 5.41) is 19.7. The van der Waals surface area contributed by atoms with Crippen LogP contribution in [0.15, 0.2) is 0 Å². The van der Waals surface area contributed by atoms with Gasteiger partial charge in [-0.05, 0) is 13.3 Å². The van der Waals surface area contributed by atoms with Crippen molar-refractivity contribution in [3.8, 4) is 0 Å². The number of hydrogen-bond donors (Lipinski definition) is 3. The van der Waals surface area contributed by atoms with Crippen LogP contribution in [0, 0.1) is 5.92 Å². The minimum atomic E-state index is -1.28. The predicted molar refractivity (Wildman–Crippen MR) is 108 cm³/mol. The Morgan fingerprint density at radius 2 is 1.12 bits per heavy atom. The molecule has 0 amide bonds. The standard InChI is InChI=1S/C20H43NO2.ClH/c1-4-5-6-7-8-9-10-11-12-13-14-15-16-17-19(22)18(2)20(3,21)23;/h18-19,22-23H,4-17,21H2,1-3H3;1H. The van der Waals surface area contributed by atoms with Crippen molar-refractivity contribution < 1.29 is 10.2 Å². The first-order valence-electron chi connectivity index (χ1n) is 10.1. The Kier molecular flexibility index (Phi) is 18.3. The van der Waals surface area contributed by atoms with Gasteiger partial charge in [0.1, 0.15) is 5.72 Å². The van der Waals surface area contributed by atoms with E-state index in [2.05, 4.69) is 6.92 Å². The number of nitrogens with two attached hydrogens (primary N) is 1. The van der Waals surface area contributed by atoms with Crippen molar-refractivity contribution in [3.63, 3.8) is 0 Å². The zero-order valence-electron chi connectivity index (χ0n) is 16.4. The second kappa shape index (κ2) is 16.6. The van der Waals surface area contributed by atoms with Gasteiger partial charge in [0, 0.05) is 5.92 Å². The van der Waals surface area contributed by atoms with E-state index < -0.39 is 11.8 Å². The Hall–Kier alpha value is 0.170. The molecule has 4 heteroatoms. The third-order valence-electron chi connectivity index (χ3n) is 5.10. The molecule has 148 valence electrons. The molecule has 0 heterocycles. The second-order valence-corrected chi connectivity index (χ2v) is 7.61. The maximum Gasteiger partial charge on any atom is 0.115 e. The molecule has 4 N–H and O–H groups in total. The lowest BCUT2D eigenvalue weighted by Crippen LogP contribution is -2.47. The highest BCUT2D eigenvalue weighted by Gasteiger charge is 2.28. The lowest BCUT2D eigenvalue weighted by molar-refractivity contribution is -0.0493. The van der Waals surface area contributed by atoms with Crippen LogP contribution >= 0.6 is 12.4 Å².